The summed E-state index contributed by atoms with van der Waals surface area (Å²) in [5.74, 6) is 0.337. The summed E-state index contributed by atoms with van der Waals surface area (Å²) < 4.78 is 5.28. The summed E-state index contributed by atoms with van der Waals surface area (Å²) >= 11 is 0. The van der Waals surface area contributed by atoms with Gasteiger partial charge in [-0.25, -0.2) is 4.79 Å². The van der Waals surface area contributed by atoms with Crippen LogP contribution in [0, 0.1) is 5.92 Å². The van der Waals surface area contributed by atoms with Crippen LogP contribution < -0.4 is 5.32 Å². The van der Waals surface area contributed by atoms with E-state index in [1.165, 1.54) is 0 Å². The van der Waals surface area contributed by atoms with Crippen molar-refractivity contribution in [2.45, 2.75) is 19.1 Å². The van der Waals surface area contributed by atoms with E-state index in [0.717, 1.165) is 5.56 Å². The number of carbonyl (C=O) groups excluding carboxylic acids is 2. The Labute approximate surface area is 111 Å². The number of benzene rings is 1. The van der Waals surface area contributed by atoms with Crippen molar-refractivity contribution in [1.82, 2.24) is 10.2 Å². The maximum absolute atomic E-state index is 11.9. The molecular formula is C14H16N2O3. The van der Waals surface area contributed by atoms with Gasteiger partial charge in [-0.2, -0.15) is 0 Å². The number of likely N-dealkylation sites (tertiary alicyclic amines) is 1. The molecule has 0 radical (unpaired) electrons. The maximum atomic E-state index is 11.9. The van der Waals surface area contributed by atoms with Gasteiger partial charge in [0, 0.05) is 25.4 Å². The number of fused-ring (bicyclic) bond motifs is 1. The number of rotatable bonds is 2. The van der Waals surface area contributed by atoms with E-state index in [9.17, 15) is 9.59 Å². The zero-order valence-corrected chi connectivity index (χ0v) is 10.5. The standard InChI is InChI=1S/C14H16N2O3/c17-13-6-11-7-16(8-12(11)15-13)14(18)19-9-10-4-2-1-3-5-10/h1-5,11-12H,6-9H2,(H,15,17)/t11-,12+/m1/s1. The average molecular weight is 260 g/mol. The van der Waals surface area contributed by atoms with Crippen molar-refractivity contribution in [3.05, 3.63) is 35.9 Å². The molecule has 5 heteroatoms. The van der Waals surface area contributed by atoms with Gasteiger partial charge in [0.2, 0.25) is 5.91 Å². The molecule has 0 bridgehead atoms. The Bertz CT molecular complexity index is 473. The molecule has 2 amide bonds. The molecule has 1 N–H and O–H groups in total. The highest BCUT2D eigenvalue weighted by atomic mass is 16.6. The molecular weight excluding hydrogens is 244 g/mol. The van der Waals surface area contributed by atoms with Gasteiger partial charge in [-0.1, -0.05) is 30.3 Å². The Morgan fingerprint density at radius 2 is 2.11 bits per heavy atom. The van der Waals surface area contributed by atoms with E-state index >= 15 is 0 Å². The fourth-order valence-corrected chi connectivity index (χ4v) is 2.71. The lowest BCUT2D eigenvalue weighted by Gasteiger charge is -2.17. The van der Waals surface area contributed by atoms with Crippen molar-refractivity contribution >= 4 is 12.0 Å². The molecule has 2 fully saturated rings. The van der Waals surface area contributed by atoms with Crippen LogP contribution in [0.4, 0.5) is 4.79 Å². The van der Waals surface area contributed by atoms with Crippen molar-refractivity contribution in [2.75, 3.05) is 13.1 Å². The fourth-order valence-electron chi connectivity index (χ4n) is 2.71. The van der Waals surface area contributed by atoms with Crippen molar-refractivity contribution in [3.8, 4) is 0 Å². The second-order valence-corrected chi connectivity index (χ2v) is 5.08. The predicted molar refractivity (Wildman–Crippen MR) is 68.2 cm³/mol. The van der Waals surface area contributed by atoms with Crippen LogP contribution in [-0.2, 0) is 16.1 Å². The van der Waals surface area contributed by atoms with E-state index in [1.807, 2.05) is 30.3 Å². The number of hydrogen-bond donors (Lipinski definition) is 1. The Morgan fingerprint density at radius 3 is 2.84 bits per heavy atom. The summed E-state index contributed by atoms with van der Waals surface area (Å²) in [6.07, 6.45) is 0.222. The van der Waals surface area contributed by atoms with Crippen molar-refractivity contribution < 1.29 is 14.3 Å². The molecule has 2 heterocycles. The lowest BCUT2D eigenvalue weighted by atomic mass is 10.1. The molecule has 5 nitrogen and oxygen atoms in total. The van der Waals surface area contributed by atoms with Crippen molar-refractivity contribution in [1.29, 1.82) is 0 Å². The molecule has 1 aromatic carbocycles. The summed E-state index contributed by atoms with van der Waals surface area (Å²) in [6, 6.07) is 9.71. The molecule has 0 aromatic heterocycles. The lowest BCUT2D eigenvalue weighted by molar-refractivity contribution is -0.119. The van der Waals surface area contributed by atoms with Crippen LogP contribution in [0.5, 0.6) is 0 Å². The first-order chi connectivity index (χ1) is 9.22. The molecule has 3 rings (SSSR count). The van der Waals surface area contributed by atoms with Crippen LogP contribution in [0.3, 0.4) is 0 Å². The fraction of sp³-hybridized carbons (Fsp3) is 0.429. The van der Waals surface area contributed by atoms with Gasteiger partial charge in [0.25, 0.3) is 0 Å². The van der Waals surface area contributed by atoms with Gasteiger partial charge in [-0.3, -0.25) is 4.79 Å². The first-order valence-electron chi connectivity index (χ1n) is 6.47. The summed E-state index contributed by atoms with van der Waals surface area (Å²) in [7, 11) is 0. The average Bonchev–Trinajstić information content (AvgIpc) is 2.94. The van der Waals surface area contributed by atoms with E-state index < -0.39 is 0 Å². The largest absolute Gasteiger partial charge is 0.445 e. The van der Waals surface area contributed by atoms with Gasteiger partial charge < -0.3 is 15.0 Å². The quantitative estimate of drug-likeness (QED) is 0.867. The van der Waals surface area contributed by atoms with Gasteiger partial charge >= 0.3 is 6.09 Å². The second kappa shape index (κ2) is 4.91. The van der Waals surface area contributed by atoms with E-state index in [4.69, 9.17) is 4.74 Å². The minimum absolute atomic E-state index is 0.0901. The van der Waals surface area contributed by atoms with Crippen LogP contribution in [0.2, 0.25) is 0 Å². The number of ether oxygens (including phenoxy) is 1. The lowest BCUT2D eigenvalue weighted by Crippen LogP contribution is -2.35. The third-order valence-corrected chi connectivity index (χ3v) is 3.70. The third-order valence-electron chi connectivity index (χ3n) is 3.70. The van der Waals surface area contributed by atoms with Gasteiger partial charge in [-0.05, 0) is 5.56 Å². The Hall–Kier alpha value is -2.04. The van der Waals surface area contributed by atoms with Gasteiger partial charge in [0.05, 0.1) is 6.04 Å². The number of nitrogens with zero attached hydrogens (tertiary/aromatic N) is 1. The maximum Gasteiger partial charge on any atom is 0.410 e. The van der Waals surface area contributed by atoms with E-state index in [1.54, 1.807) is 4.90 Å². The Morgan fingerprint density at radius 1 is 1.32 bits per heavy atom. The number of hydrogen-bond acceptors (Lipinski definition) is 3. The summed E-state index contributed by atoms with van der Waals surface area (Å²) in [6.45, 7) is 1.46. The zero-order chi connectivity index (χ0) is 13.2. The molecule has 0 saturated carbocycles. The molecule has 2 aliphatic heterocycles. The van der Waals surface area contributed by atoms with Crippen LogP contribution >= 0.6 is 0 Å². The van der Waals surface area contributed by atoms with Gasteiger partial charge in [0.15, 0.2) is 0 Å². The number of nitrogens with one attached hydrogen (secondary N) is 1. The molecule has 1 aromatic rings. The molecule has 0 aliphatic carbocycles. The molecule has 2 aliphatic rings. The monoisotopic (exact) mass is 260 g/mol. The van der Waals surface area contributed by atoms with Crippen LogP contribution in [0.25, 0.3) is 0 Å². The van der Waals surface area contributed by atoms with E-state index in [-0.39, 0.29) is 30.6 Å². The van der Waals surface area contributed by atoms with E-state index in [2.05, 4.69) is 5.32 Å². The van der Waals surface area contributed by atoms with Gasteiger partial charge in [-0.15, -0.1) is 0 Å². The molecule has 0 unspecified atom stereocenters. The zero-order valence-electron chi connectivity index (χ0n) is 10.5. The summed E-state index contributed by atoms with van der Waals surface area (Å²) in [5.41, 5.74) is 0.976. The Kier molecular flexibility index (Phi) is 3.11. The normalized spacial score (nSPS) is 25.1. The van der Waals surface area contributed by atoms with E-state index in [0.29, 0.717) is 19.5 Å². The van der Waals surface area contributed by atoms with Gasteiger partial charge in [0.1, 0.15) is 6.61 Å². The topological polar surface area (TPSA) is 58.6 Å². The summed E-state index contributed by atoms with van der Waals surface area (Å²) in [4.78, 5) is 24.8. The second-order valence-electron chi connectivity index (χ2n) is 5.08. The molecule has 19 heavy (non-hydrogen) atoms. The Balaban J connectivity index is 1.51. The predicted octanol–water partition coefficient (Wildman–Crippen LogP) is 1.14. The van der Waals surface area contributed by atoms with Crippen LogP contribution in [0.1, 0.15) is 12.0 Å². The molecule has 2 saturated heterocycles. The van der Waals surface area contributed by atoms with Crippen LogP contribution in [-0.4, -0.2) is 36.0 Å². The number of amides is 2. The highest BCUT2D eigenvalue weighted by molar-refractivity contribution is 5.80. The first kappa shape index (κ1) is 12.0. The molecule has 2 atom stereocenters. The third kappa shape index (κ3) is 2.54. The smallest absolute Gasteiger partial charge is 0.410 e. The van der Waals surface area contributed by atoms with Crippen molar-refractivity contribution in [2.24, 2.45) is 5.92 Å². The molecule has 100 valence electrons. The van der Waals surface area contributed by atoms with Crippen molar-refractivity contribution in [3.63, 3.8) is 0 Å². The minimum atomic E-state index is -0.299. The molecule has 0 spiro atoms. The highest BCUT2D eigenvalue weighted by Crippen LogP contribution is 2.25. The SMILES string of the molecule is O=C1C[C@@H]2CN(C(=O)OCc3ccccc3)C[C@@H]2N1. The number of carbonyl (C=O) groups is 2. The first-order valence-corrected chi connectivity index (χ1v) is 6.47. The van der Waals surface area contributed by atoms with Crippen LogP contribution in [0.15, 0.2) is 30.3 Å². The minimum Gasteiger partial charge on any atom is -0.445 e. The summed E-state index contributed by atoms with van der Waals surface area (Å²) in [5, 5.41) is 2.89. The highest BCUT2D eigenvalue weighted by Gasteiger charge is 2.42.